The average molecular weight is 372 g/mol. The van der Waals surface area contributed by atoms with E-state index < -0.39 is 0 Å². The van der Waals surface area contributed by atoms with E-state index >= 15 is 0 Å². The summed E-state index contributed by atoms with van der Waals surface area (Å²) in [4.78, 5) is 17.0. The number of carbonyl (C=O) groups excluding carboxylic acids is 1. The van der Waals surface area contributed by atoms with E-state index in [1.807, 2.05) is 28.1 Å². The normalized spacial score (nSPS) is 13.1. The number of nitrogens with zero attached hydrogens (tertiary/aromatic N) is 3. The minimum atomic E-state index is 0.0765. The molecule has 3 aromatic rings. The zero-order valence-corrected chi connectivity index (χ0v) is 15.1. The van der Waals surface area contributed by atoms with Gasteiger partial charge in [-0.15, -0.1) is 11.3 Å². The fraction of sp³-hybridized carbons (Fsp3) is 0.389. The Morgan fingerprint density at radius 2 is 2.12 bits per heavy atom. The molecule has 7 nitrogen and oxygen atoms in total. The van der Waals surface area contributed by atoms with Gasteiger partial charge >= 0.3 is 0 Å². The highest BCUT2D eigenvalue weighted by molar-refractivity contribution is 7.15. The van der Waals surface area contributed by atoms with Gasteiger partial charge in [0.2, 0.25) is 10.9 Å². The van der Waals surface area contributed by atoms with E-state index in [1.165, 1.54) is 0 Å². The minimum absolute atomic E-state index is 0.0765. The zero-order chi connectivity index (χ0) is 17.8. The maximum Gasteiger partial charge on any atom is 0.220 e. The highest BCUT2D eigenvalue weighted by Crippen LogP contribution is 2.31. The molecule has 0 aliphatic carbocycles. The van der Waals surface area contributed by atoms with E-state index in [0.29, 0.717) is 26.2 Å². The van der Waals surface area contributed by atoms with Crippen molar-refractivity contribution in [3.8, 4) is 11.5 Å². The fourth-order valence-corrected chi connectivity index (χ4v) is 3.79. The van der Waals surface area contributed by atoms with Crippen molar-refractivity contribution in [3.63, 3.8) is 0 Å². The second kappa shape index (κ2) is 7.74. The van der Waals surface area contributed by atoms with Crippen LogP contribution in [0.1, 0.15) is 24.1 Å². The summed E-state index contributed by atoms with van der Waals surface area (Å²) in [6, 6.07) is 5.98. The van der Waals surface area contributed by atoms with Crippen LogP contribution in [0.4, 0.5) is 0 Å². The van der Waals surface area contributed by atoms with Gasteiger partial charge in [0.1, 0.15) is 19.5 Å². The Bertz CT molecular complexity index is 905. The summed E-state index contributed by atoms with van der Waals surface area (Å²) in [6.45, 7) is 1.79. The zero-order valence-electron chi connectivity index (χ0n) is 14.3. The maximum absolute atomic E-state index is 12.0. The Labute approximate surface area is 155 Å². The Morgan fingerprint density at radius 3 is 3.04 bits per heavy atom. The molecule has 3 heterocycles. The molecule has 1 N–H and O–H groups in total. The number of amides is 1. The van der Waals surface area contributed by atoms with Gasteiger partial charge in [0.15, 0.2) is 11.5 Å². The monoisotopic (exact) mass is 372 g/mol. The first kappa shape index (κ1) is 16.8. The number of benzene rings is 1. The van der Waals surface area contributed by atoms with Crippen molar-refractivity contribution >= 4 is 22.2 Å². The van der Waals surface area contributed by atoms with Gasteiger partial charge in [-0.25, -0.2) is 9.50 Å². The summed E-state index contributed by atoms with van der Waals surface area (Å²) in [5.74, 6) is 1.67. The molecule has 1 aliphatic rings. The summed E-state index contributed by atoms with van der Waals surface area (Å²) in [5.41, 5.74) is 2.23. The van der Waals surface area contributed by atoms with E-state index in [0.717, 1.165) is 47.0 Å². The molecule has 1 amide bonds. The first-order chi connectivity index (χ1) is 12.8. The van der Waals surface area contributed by atoms with Crippen molar-refractivity contribution < 1.29 is 14.3 Å². The number of nitrogens with one attached hydrogen (secondary N) is 1. The summed E-state index contributed by atoms with van der Waals surface area (Å²) in [7, 11) is 0. The standard InChI is InChI=1S/C18H20N4O3S/c23-17(19-7-6-14-11-26-18-20-12-21-22(14)18)3-1-2-13-4-5-15-16(10-13)25-9-8-24-15/h4-5,10-12H,1-3,6-9H2,(H,19,23). The molecule has 0 unspecified atom stereocenters. The number of hydrogen-bond acceptors (Lipinski definition) is 6. The first-order valence-electron chi connectivity index (χ1n) is 8.71. The number of hydrogen-bond donors (Lipinski definition) is 1. The fourth-order valence-electron chi connectivity index (χ4n) is 2.96. The molecule has 136 valence electrons. The molecule has 0 radical (unpaired) electrons. The highest BCUT2D eigenvalue weighted by atomic mass is 32.1. The Balaban J connectivity index is 1.19. The van der Waals surface area contributed by atoms with Gasteiger partial charge in [-0.2, -0.15) is 5.10 Å². The first-order valence-corrected chi connectivity index (χ1v) is 9.59. The molecule has 0 saturated carbocycles. The second-order valence-electron chi connectivity index (χ2n) is 6.11. The van der Waals surface area contributed by atoms with Crippen molar-refractivity contribution in [1.29, 1.82) is 0 Å². The van der Waals surface area contributed by atoms with Crippen molar-refractivity contribution in [2.75, 3.05) is 19.8 Å². The molecule has 0 fully saturated rings. The third-order valence-corrected chi connectivity index (χ3v) is 5.15. The topological polar surface area (TPSA) is 77.8 Å². The predicted molar refractivity (Wildman–Crippen MR) is 97.9 cm³/mol. The number of carbonyl (C=O) groups is 1. The number of rotatable bonds is 7. The molecule has 4 rings (SSSR count). The summed E-state index contributed by atoms with van der Waals surface area (Å²) < 4.78 is 12.9. The lowest BCUT2D eigenvalue weighted by molar-refractivity contribution is -0.121. The molecule has 8 heteroatoms. The van der Waals surface area contributed by atoms with E-state index in [-0.39, 0.29) is 5.91 Å². The number of aromatic nitrogens is 3. The van der Waals surface area contributed by atoms with Crippen LogP contribution in [-0.2, 0) is 17.6 Å². The van der Waals surface area contributed by atoms with Crippen molar-refractivity contribution in [1.82, 2.24) is 19.9 Å². The average Bonchev–Trinajstić information content (AvgIpc) is 3.26. The molecule has 26 heavy (non-hydrogen) atoms. The molecule has 0 atom stereocenters. The summed E-state index contributed by atoms with van der Waals surface area (Å²) in [5, 5.41) is 9.18. The highest BCUT2D eigenvalue weighted by Gasteiger charge is 2.12. The molecule has 0 bridgehead atoms. The van der Waals surface area contributed by atoms with Crippen LogP contribution >= 0.6 is 11.3 Å². The van der Waals surface area contributed by atoms with Crippen LogP contribution in [0.25, 0.3) is 4.96 Å². The molecule has 0 saturated heterocycles. The largest absolute Gasteiger partial charge is 0.486 e. The lowest BCUT2D eigenvalue weighted by Crippen LogP contribution is -2.25. The van der Waals surface area contributed by atoms with Gasteiger partial charge < -0.3 is 14.8 Å². The minimum Gasteiger partial charge on any atom is -0.486 e. The molecule has 1 aromatic carbocycles. The lowest BCUT2D eigenvalue weighted by Gasteiger charge is -2.18. The third-order valence-electron chi connectivity index (χ3n) is 4.27. The smallest absolute Gasteiger partial charge is 0.220 e. The van der Waals surface area contributed by atoms with Crippen molar-refractivity contribution in [2.45, 2.75) is 25.7 Å². The van der Waals surface area contributed by atoms with E-state index in [4.69, 9.17) is 9.47 Å². The van der Waals surface area contributed by atoms with Crippen LogP contribution in [0.15, 0.2) is 29.9 Å². The van der Waals surface area contributed by atoms with Gasteiger partial charge in [0, 0.05) is 24.8 Å². The van der Waals surface area contributed by atoms with Crippen LogP contribution in [0.5, 0.6) is 11.5 Å². The summed E-state index contributed by atoms with van der Waals surface area (Å²) >= 11 is 1.56. The van der Waals surface area contributed by atoms with Gasteiger partial charge in [-0.05, 0) is 30.5 Å². The van der Waals surface area contributed by atoms with Crippen LogP contribution in [0, 0.1) is 0 Å². The van der Waals surface area contributed by atoms with E-state index in [2.05, 4.69) is 15.4 Å². The molecule has 2 aromatic heterocycles. The Morgan fingerprint density at radius 1 is 1.23 bits per heavy atom. The third kappa shape index (κ3) is 3.80. The maximum atomic E-state index is 12.0. The molecule has 1 aliphatic heterocycles. The Kier molecular flexibility index (Phi) is 5.01. The van der Waals surface area contributed by atoms with Crippen LogP contribution < -0.4 is 14.8 Å². The summed E-state index contributed by atoms with van der Waals surface area (Å²) in [6.07, 6.45) is 4.45. The van der Waals surface area contributed by atoms with E-state index in [1.54, 1.807) is 17.7 Å². The number of aryl methyl sites for hydroxylation is 1. The lowest BCUT2D eigenvalue weighted by atomic mass is 10.1. The molecular formula is C18H20N4O3S. The second-order valence-corrected chi connectivity index (χ2v) is 6.95. The number of fused-ring (bicyclic) bond motifs is 2. The Hall–Kier alpha value is -2.61. The van der Waals surface area contributed by atoms with Crippen molar-refractivity contribution in [3.05, 3.63) is 41.2 Å². The quantitative estimate of drug-likeness (QED) is 0.688. The molecular weight excluding hydrogens is 352 g/mol. The van der Waals surface area contributed by atoms with Gasteiger partial charge in [0.05, 0.1) is 5.69 Å². The predicted octanol–water partition coefficient (Wildman–Crippen LogP) is 2.24. The number of ether oxygens (including phenoxy) is 2. The number of thiazole rings is 1. The van der Waals surface area contributed by atoms with Crippen LogP contribution in [0.2, 0.25) is 0 Å². The van der Waals surface area contributed by atoms with Crippen LogP contribution in [0.3, 0.4) is 0 Å². The van der Waals surface area contributed by atoms with Gasteiger partial charge in [-0.3, -0.25) is 4.79 Å². The van der Waals surface area contributed by atoms with Gasteiger partial charge in [-0.1, -0.05) is 6.07 Å². The molecule has 0 spiro atoms. The van der Waals surface area contributed by atoms with Gasteiger partial charge in [0.25, 0.3) is 0 Å². The van der Waals surface area contributed by atoms with Crippen LogP contribution in [-0.4, -0.2) is 40.3 Å². The van der Waals surface area contributed by atoms with E-state index in [9.17, 15) is 4.79 Å². The van der Waals surface area contributed by atoms with Crippen molar-refractivity contribution in [2.24, 2.45) is 0 Å². The SMILES string of the molecule is O=C(CCCc1ccc2c(c1)OCCO2)NCCc1csc2ncnn12.